The predicted molar refractivity (Wildman–Crippen MR) is 141 cm³/mol. The van der Waals surface area contributed by atoms with E-state index in [4.69, 9.17) is 19.3 Å². The Morgan fingerprint density at radius 2 is 1.91 bits per heavy atom. The molecule has 8 nitrogen and oxygen atoms in total. The number of anilines is 1. The monoisotopic (exact) mass is 490 g/mol. The van der Waals surface area contributed by atoms with Crippen LogP contribution in [0.15, 0.2) is 36.5 Å². The molecule has 0 aliphatic heterocycles. The number of pyridine rings is 1. The fourth-order valence-corrected chi connectivity index (χ4v) is 3.85. The van der Waals surface area contributed by atoms with Crippen LogP contribution in [-0.4, -0.2) is 83.5 Å². The van der Waals surface area contributed by atoms with Crippen LogP contribution in [0.5, 0.6) is 5.75 Å². The van der Waals surface area contributed by atoms with Gasteiger partial charge in [-0.2, -0.15) is 5.10 Å². The van der Waals surface area contributed by atoms with Crippen molar-refractivity contribution in [3.63, 3.8) is 0 Å². The Balaban J connectivity index is 1.91. The van der Waals surface area contributed by atoms with Gasteiger partial charge in [0.15, 0.2) is 0 Å². The van der Waals surface area contributed by atoms with Crippen LogP contribution in [0.25, 0.3) is 22.2 Å². The van der Waals surface area contributed by atoms with E-state index in [0.717, 1.165) is 33.7 Å². The summed E-state index contributed by atoms with van der Waals surface area (Å²) < 4.78 is 18.8. The molecule has 2 heterocycles. The van der Waals surface area contributed by atoms with E-state index in [-0.39, 0.29) is 6.61 Å². The highest BCUT2D eigenvalue weighted by atomic mass is 32.3. The van der Waals surface area contributed by atoms with E-state index in [1.54, 1.807) is 27.2 Å². The molecular formula is C25H38N4O4S. The second-order valence-electron chi connectivity index (χ2n) is 9.81. The van der Waals surface area contributed by atoms with Gasteiger partial charge in [-0.3, -0.25) is 0 Å². The van der Waals surface area contributed by atoms with Crippen molar-refractivity contribution in [1.82, 2.24) is 14.8 Å². The highest BCUT2D eigenvalue weighted by Crippen LogP contribution is 2.34. The molecule has 1 aromatic carbocycles. The molecule has 3 aromatic rings. The van der Waals surface area contributed by atoms with Crippen LogP contribution in [0.1, 0.15) is 13.8 Å². The molecular weight excluding hydrogens is 452 g/mol. The molecule has 0 amide bonds. The molecule has 0 aliphatic carbocycles. The zero-order valence-electron chi connectivity index (χ0n) is 21.1. The molecule has 9 heteroatoms. The molecule has 34 heavy (non-hydrogen) atoms. The van der Waals surface area contributed by atoms with E-state index in [1.165, 1.54) is 0 Å². The maximum absolute atomic E-state index is 10.0. The van der Waals surface area contributed by atoms with E-state index in [0.29, 0.717) is 32.2 Å². The second kappa shape index (κ2) is 11.4. The topological polar surface area (TPSA) is 90.7 Å². The molecule has 2 aromatic heterocycles. The van der Waals surface area contributed by atoms with E-state index >= 15 is 0 Å². The Bertz CT molecular complexity index is 1070. The summed E-state index contributed by atoms with van der Waals surface area (Å²) in [6.07, 6.45) is 8.63. The lowest BCUT2D eigenvalue weighted by Gasteiger charge is -2.24. The largest absolute Gasteiger partial charge is 0.491 e. The van der Waals surface area contributed by atoms with Crippen molar-refractivity contribution in [2.75, 3.05) is 63.3 Å². The number of aliphatic hydroxyl groups is 1. The van der Waals surface area contributed by atoms with Gasteiger partial charge in [0.1, 0.15) is 30.6 Å². The number of nitrogens with one attached hydrogen (secondary N) is 1. The molecule has 0 radical (unpaired) electrons. The van der Waals surface area contributed by atoms with Gasteiger partial charge in [0.25, 0.3) is 0 Å². The summed E-state index contributed by atoms with van der Waals surface area (Å²) in [5, 5.41) is 19.2. The molecule has 188 valence electrons. The number of ether oxygens (including phenoxy) is 3. The number of hydrogen-bond acceptors (Lipinski definition) is 7. The molecule has 0 atom stereocenters. The van der Waals surface area contributed by atoms with Gasteiger partial charge in [-0.05, 0) is 62.9 Å². The van der Waals surface area contributed by atoms with Crippen LogP contribution in [0.3, 0.4) is 0 Å². The summed E-state index contributed by atoms with van der Waals surface area (Å²) in [7, 11) is 1.06. The third kappa shape index (κ3) is 7.87. The minimum absolute atomic E-state index is 0.197. The van der Waals surface area contributed by atoms with Crippen molar-refractivity contribution in [2.45, 2.75) is 26.2 Å². The first-order valence-corrected chi connectivity index (χ1v) is 14.4. The molecule has 0 spiro atoms. The van der Waals surface area contributed by atoms with Gasteiger partial charge < -0.3 is 24.6 Å². The van der Waals surface area contributed by atoms with Crippen molar-refractivity contribution in [1.29, 1.82) is 0 Å². The summed E-state index contributed by atoms with van der Waals surface area (Å²) in [6, 6.07) is 9.79. The van der Waals surface area contributed by atoms with E-state index in [9.17, 15) is 5.11 Å². The zero-order valence-corrected chi connectivity index (χ0v) is 21.9. The van der Waals surface area contributed by atoms with Crippen LogP contribution >= 0.6 is 10.0 Å². The Morgan fingerprint density at radius 1 is 1.12 bits per heavy atom. The van der Waals surface area contributed by atoms with Crippen molar-refractivity contribution >= 4 is 26.7 Å². The Kier molecular flexibility index (Phi) is 8.81. The average molecular weight is 491 g/mol. The lowest BCUT2D eigenvalue weighted by Crippen LogP contribution is -2.27. The first-order valence-electron chi connectivity index (χ1n) is 11.3. The third-order valence-corrected chi connectivity index (χ3v) is 6.40. The number of aromatic nitrogens is 3. The van der Waals surface area contributed by atoms with E-state index in [2.05, 4.69) is 29.1 Å². The summed E-state index contributed by atoms with van der Waals surface area (Å²) in [6.45, 7) is 5.98. The molecule has 0 unspecified atom stereocenters. The van der Waals surface area contributed by atoms with Crippen LogP contribution in [0.2, 0.25) is 0 Å². The fourth-order valence-electron chi connectivity index (χ4n) is 3.24. The van der Waals surface area contributed by atoms with Crippen molar-refractivity contribution in [3.05, 3.63) is 36.5 Å². The van der Waals surface area contributed by atoms with E-state index in [1.807, 2.05) is 35.0 Å². The Hall–Kier alpha value is -2.33. The average Bonchev–Trinajstić information content (AvgIpc) is 3.12. The second-order valence-corrected chi connectivity index (χ2v) is 14.4. The van der Waals surface area contributed by atoms with Crippen LogP contribution in [0.4, 0.5) is 5.82 Å². The first-order chi connectivity index (χ1) is 16.1. The van der Waals surface area contributed by atoms with Gasteiger partial charge in [-0.25, -0.2) is 19.7 Å². The summed E-state index contributed by atoms with van der Waals surface area (Å²) in [4.78, 5) is 4.41. The first kappa shape index (κ1) is 26.3. The molecule has 0 fully saturated rings. The smallest absolute Gasteiger partial charge is 0.140 e. The predicted octanol–water partition coefficient (Wildman–Crippen LogP) is 3.97. The maximum atomic E-state index is 10.0. The Morgan fingerprint density at radius 3 is 2.62 bits per heavy atom. The normalized spacial score (nSPS) is 12.8. The Labute approximate surface area is 203 Å². The van der Waals surface area contributed by atoms with Gasteiger partial charge in [-0.1, -0.05) is 0 Å². The number of nitrogens with zero attached hydrogens (tertiary/aromatic N) is 3. The summed E-state index contributed by atoms with van der Waals surface area (Å²) >= 11 is 0. The molecule has 2 N–H and O–H groups in total. The number of methoxy groups -OCH3 is 1. The quantitative estimate of drug-likeness (QED) is 0.350. The third-order valence-electron chi connectivity index (χ3n) is 5.01. The van der Waals surface area contributed by atoms with E-state index < -0.39 is 15.6 Å². The summed E-state index contributed by atoms with van der Waals surface area (Å²) in [5.41, 5.74) is 1.81. The van der Waals surface area contributed by atoms with Gasteiger partial charge >= 0.3 is 0 Å². The van der Waals surface area contributed by atoms with Crippen molar-refractivity contribution in [2.24, 2.45) is 0 Å². The molecule has 0 saturated heterocycles. The maximum Gasteiger partial charge on any atom is 0.140 e. The minimum Gasteiger partial charge on any atom is -0.491 e. The highest BCUT2D eigenvalue weighted by Gasteiger charge is 2.17. The molecule has 0 saturated carbocycles. The van der Waals surface area contributed by atoms with Crippen LogP contribution in [0, 0.1) is 0 Å². The number of hydrogen-bond donors (Lipinski definition) is 2. The van der Waals surface area contributed by atoms with Crippen molar-refractivity contribution < 1.29 is 19.3 Å². The van der Waals surface area contributed by atoms with Crippen LogP contribution < -0.4 is 10.1 Å². The zero-order chi connectivity index (χ0) is 24.8. The standard InChI is InChI=1S/C25H38N4O4S/c1-25(2,30)17-33-20-7-8-22-21(16-20)24(28-29(22)18-32-13-14-34(4,5)6)19-9-10-26-23(15-19)27-11-12-31-3/h7-10,15-16,30H,11-14,17-18H2,1-6H3,(H,26,27). The van der Waals surface area contributed by atoms with Crippen molar-refractivity contribution in [3.8, 4) is 17.0 Å². The highest BCUT2D eigenvalue weighted by molar-refractivity contribution is 8.32. The molecule has 3 rings (SSSR count). The van der Waals surface area contributed by atoms with Gasteiger partial charge in [-0.15, -0.1) is 0 Å². The van der Waals surface area contributed by atoms with Gasteiger partial charge in [0.2, 0.25) is 0 Å². The minimum atomic E-state index is -0.918. The lowest BCUT2D eigenvalue weighted by molar-refractivity contribution is 0.0285. The van der Waals surface area contributed by atoms with Gasteiger partial charge in [0.05, 0.1) is 24.3 Å². The fraction of sp³-hybridized carbons (Fsp3) is 0.520. The number of fused-ring (bicyclic) bond motifs is 1. The number of rotatable bonds is 13. The molecule has 0 aliphatic rings. The lowest BCUT2D eigenvalue weighted by atomic mass is 10.1. The summed E-state index contributed by atoms with van der Waals surface area (Å²) in [5.74, 6) is 2.49. The van der Waals surface area contributed by atoms with Gasteiger partial charge in [0, 0.05) is 36.6 Å². The van der Waals surface area contributed by atoms with Crippen LogP contribution in [-0.2, 0) is 16.2 Å². The number of benzene rings is 1. The molecule has 0 bridgehead atoms. The SMILES string of the molecule is COCCNc1cc(-c2nn(COCCS(C)(C)C)c3ccc(OCC(C)(C)O)cc23)ccn1.